The van der Waals surface area contributed by atoms with E-state index in [4.69, 9.17) is 5.10 Å². The molecule has 4 heteroatoms. The molecule has 5 aromatic carbocycles. The minimum Gasteiger partial charge on any atom is -0.288 e. The fourth-order valence-corrected chi connectivity index (χ4v) is 4.61. The summed E-state index contributed by atoms with van der Waals surface area (Å²) in [4.78, 5) is 28.1. The Kier molecular flexibility index (Phi) is 5.75. The SMILES string of the molecule is O=C(c1ccc2ccccc2c1)c1nn(-c2ccccc2)c(-c2ccccc2)c1C(=O)c1ccccc1. The zero-order valence-corrected chi connectivity index (χ0v) is 19.9. The van der Waals surface area contributed by atoms with Gasteiger partial charge in [-0.1, -0.05) is 115 Å². The molecular formula is C33H22N2O2. The lowest BCUT2D eigenvalue weighted by atomic mass is 9.94. The van der Waals surface area contributed by atoms with Crippen molar-refractivity contribution in [3.8, 4) is 16.9 Å². The second-order valence-corrected chi connectivity index (χ2v) is 8.77. The van der Waals surface area contributed by atoms with Crippen molar-refractivity contribution in [3.63, 3.8) is 0 Å². The molecule has 176 valence electrons. The summed E-state index contributed by atoms with van der Waals surface area (Å²) < 4.78 is 1.71. The van der Waals surface area contributed by atoms with Crippen LogP contribution in [0.15, 0.2) is 133 Å². The van der Waals surface area contributed by atoms with Crippen LogP contribution >= 0.6 is 0 Å². The molecule has 0 N–H and O–H groups in total. The highest BCUT2D eigenvalue weighted by molar-refractivity contribution is 6.21. The molecule has 0 aliphatic rings. The lowest BCUT2D eigenvalue weighted by Gasteiger charge is -2.10. The molecule has 0 aliphatic carbocycles. The number of rotatable bonds is 6. The van der Waals surface area contributed by atoms with Crippen molar-refractivity contribution >= 4 is 22.3 Å². The van der Waals surface area contributed by atoms with E-state index < -0.39 is 0 Å². The first kappa shape index (κ1) is 22.4. The van der Waals surface area contributed by atoms with Crippen molar-refractivity contribution in [3.05, 3.63) is 156 Å². The molecule has 0 unspecified atom stereocenters. The van der Waals surface area contributed by atoms with Crippen molar-refractivity contribution in [2.75, 3.05) is 0 Å². The Morgan fingerprint density at radius 2 is 1.14 bits per heavy atom. The molecule has 0 radical (unpaired) electrons. The molecule has 0 saturated heterocycles. The number of carbonyl (C=O) groups excluding carboxylic acids is 2. The summed E-state index contributed by atoms with van der Waals surface area (Å²) in [6.07, 6.45) is 0. The van der Waals surface area contributed by atoms with Crippen LogP contribution in [-0.2, 0) is 0 Å². The van der Waals surface area contributed by atoms with E-state index in [2.05, 4.69) is 0 Å². The molecule has 0 fully saturated rings. The number of ketones is 2. The fraction of sp³-hybridized carbons (Fsp3) is 0. The highest BCUT2D eigenvalue weighted by atomic mass is 16.1. The summed E-state index contributed by atoms with van der Waals surface area (Å²) in [5.74, 6) is -0.539. The Morgan fingerprint density at radius 3 is 1.84 bits per heavy atom. The number of aromatic nitrogens is 2. The summed E-state index contributed by atoms with van der Waals surface area (Å²) in [5.41, 5.74) is 3.56. The minimum atomic E-state index is -0.295. The van der Waals surface area contributed by atoms with Crippen molar-refractivity contribution in [1.29, 1.82) is 0 Å². The van der Waals surface area contributed by atoms with E-state index >= 15 is 0 Å². The summed E-state index contributed by atoms with van der Waals surface area (Å²) in [6, 6.07) is 41.7. The Hall–Kier alpha value is -5.09. The Bertz CT molecular complexity index is 1740. The third-order valence-corrected chi connectivity index (χ3v) is 6.42. The standard InChI is InChI=1S/C33H22N2O2/c36-32(25-15-6-2-7-16-25)29-30(33(37)27-21-20-23-12-10-11-17-26(23)22-27)34-35(28-18-8-3-9-19-28)31(29)24-13-4-1-5-14-24/h1-22H. The van der Waals surface area contributed by atoms with Crippen LogP contribution in [0.4, 0.5) is 0 Å². The van der Waals surface area contributed by atoms with Crippen LogP contribution in [0.3, 0.4) is 0 Å². The zero-order chi connectivity index (χ0) is 25.2. The van der Waals surface area contributed by atoms with Crippen LogP contribution < -0.4 is 0 Å². The maximum absolute atomic E-state index is 14.0. The van der Waals surface area contributed by atoms with Gasteiger partial charge in [-0.3, -0.25) is 9.59 Å². The predicted molar refractivity (Wildman–Crippen MR) is 146 cm³/mol. The molecule has 6 rings (SSSR count). The molecule has 0 bridgehead atoms. The normalized spacial score (nSPS) is 10.9. The van der Waals surface area contributed by atoms with Crippen LogP contribution in [0.1, 0.15) is 32.0 Å². The molecule has 0 saturated carbocycles. The maximum Gasteiger partial charge on any atom is 0.214 e. The van der Waals surface area contributed by atoms with E-state index in [-0.39, 0.29) is 17.3 Å². The highest BCUT2D eigenvalue weighted by Crippen LogP contribution is 2.32. The van der Waals surface area contributed by atoms with Gasteiger partial charge in [0.1, 0.15) is 5.69 Å². The van der Waals surface area contributed by atoms with Gasteiger partial charge in [-0.05, 0) is 29.0 Å². The number of fused-ring (bicyclic) bond motifs is 1. The average Bonchev–Trinajstić information content (AvgIpc) is 3.38. The van der Waals surface area contributed by atoms with Gasteiger partial charge in [-0.15, -0.1) is 0 Å². The summed E-state index contributed by atoms with van der Waals surface area (Å²) in [7, 11) is 0. The van der Waals surface area contributed by atoms with E-state index in [1.807, 2.05) is 115 Å². The number of carbonyl (C=O) groups is 2. The van der Waals surface area contributed by atoms with Crippen molar-refractivity contribution in [2.45, 2.75) is 0 Å². The van der Waals surface area contributed by atoms with Crippen molar-refractivity contribution in [1.82, 2.24) is 9.78 Å². The van der Waals surface area contributed by atoms with Crippen LogP contribution in [-0.4, -0.2) is 21.3 Å². The Labute approximate surface area is 214 Å². The molecule has 4 nitrogen and oxygen atoms in total. The number of hydrogen-bond acceptors (Lipinski definition) is 3. The van der Waals surface area contributed by atoms with E-state index in [0.29, 0.717) is 22.4 Å². The van der Waals surface area contributed by atoms with Gasteiger partial charge in [0.15, 0.2) is 5.78 Å². The number of nitrogens with zero attached hydrogens (tertiary/aromatic N) is 2. The zero-order valence-electron chi connectivity index (χ0n) is 19.9. The topological polar surface area (TPSA) is 52.0 Å². The molecular weight excluding hydrogens is 456 g/mol. The van der Waals surface area contributed by atoms with Crippen LogP contribution in [0.2, 0.25) is 0 Å². The Morgan fingerprint density at radius 1 is 0.541 bits per heavy atom. The van der Waals surface area contributed by atoms with E-state index in [1.54, 1.807) is 22.9 Å². The lowest BCUT2D eigenvalue weighted by molar-refractivity contribution is 0.100. The van der Waals surface area contributed by atoms with Crippen molar-refractivity contribution in [2.24, 2.45) is 0 Å². The quantitative estimate of drug-likeness (QED) is 0.239. The van der Waals surface area contributed by atoms with E-state index in [9.17, 15) is 9.59 Å². The van der Waals surface area contributed by atoms with Crippen LogP contribution in [0.25, 0.3) is 27.7 Å². The van der Waals surface area contributed by atoms with Crippen molar-refractivity contribution < 1.29 is 9.59 Å². The van der Waals surface area contributed by atoms with Gasteiger partial charge in [0.05, 0.1) is 16.9 Å². The van der Waals surface area contributed by atoms with Gasteiger partial charge in [0.25, 0.3) is 0 Å². The first-order valence-electron chi connectivity index (χ1n) is 12.1. The monoisotopic (exact) mass is 478 g/mol. The number of benzene rings is 5. The molecule has 37 heavy (non-hydrogen) atoms. The highest BCUT2D eigenvalue weighted by Gasteiger charge is 2.30. The molecule has 0 aliphatic heterocycles. The van der Waals surface area contributed by atoms with Crippen LogP contribution in [0, 0.1) is 0 Å². The molecule has 6 aromatic rings. The fourth-order valence-electron chi connectivity index (χ4n) is 4.61. The Balaban J connectivity index is 1.63. The second kappa shape index (κ2) is 9.51. The second-order valence-electron chi connectivity index (χ2n) is 8.77. The van der Waals surface area contributed by atoms with Gasteiger partial charge in [0.2, 0.25) is 5.78 Å². The minimum absolute atomic E-state index is 0.131. The van der Waals surface area contributed by atoms with E-state index in [0.717, 1.165) is 22.0 Å². The summed E-state index contributed by atoms with van der Waals surface area (Å²) >= 11 is 0. The summed E-state index contributed by atoms with van der Waals surface area (Å²) in [6.45, 7) is 0. The third kappa shape index (κ3) is 4.15. The van der Waals surface area contributed by atoms with Gasteiger partial charge >= 0.3 is 0 Å². The number of para-hydroxylation sites is 1. The third-order valence-electron chi connectivity index (χ3n) is 6.42. The first-order chi connectivity index (χ1) is 18.2. The molecule has 1 heterocycles. The lowest BCUT2D eigenvalue weighted by Crippen LogP contribution is -2.11. The van der Waals surface area contributed by atoms with E-state index in [1.165, 1.54) is 0 Å². The predicted octanol–water partition coefficient (Wildman–Crippen LogP) is 7.15. The molecule has 1 aromatic heterocycles. The average molecular weight is 479 g/mol. The summed E-state index contributed by atoms with van der Waals surface area (Å²) in [5, 5.41) is 6.80. The first-order valence-corrected chi connectivity index (χ1v) is 12.1. The largest absolute Gasteiger partial charge is 0.288 e. The molecule has 0 amide bonds. The molecule has 0 atom stereocenters. The van der Waals surface area contributed by atoms with Gasteiger partial charge in [-0.25, -0.2) is 4.68 Å². The van der Waals surface area contributed by atoms with Gasteiger partial charge < -0.3 is 0 Å². The maximum atomic E-state index is 14.0. The van der Waals surface area contributed by atoms with Gasteiger partial charge in [-0.2, -0.15) is 5.10 Å². The number of hydrogen-bond donors (Lipinski definition) is 0. The van der Waals surface area contributed by atoms with Crippen LogP contribution in [0.5, 0.6) is 0 Å². The smallest absolute Gasteiger partial charge is 0.214 e. The van der Waals surface area contributed by atoms with Gasteiger partial charge in [0, 0.05) is 16.7 Å². The molecule has 0 spiro atoms.